The van der Waals surface area contributed by atoms with Crippen LogP contribution in [-0.4, -0.2) is 39.1 Å². The number of benzene rings is 1. The molecule has 0 unspecified atom stereocenters. The lowest BCUT2D eigenvalue weighted by Gasteiger charge is -2.39. The molecule has 3 N–H and O–H groups in total. The number of likely N-dealkylation sites (tertiary alicyclic amines) is 1. The van der Waals surface area contributed by atoms with E-state index >= 15 is 0 Å². The minimum absolute atomic E-state index is 0.281. The Morgan fingerprint density at radius 1 is 1.31 bits per heavy atom. The average molecular weight is 405 g/mol. The van der Waals surface area contributed by atoms with Crippen LogP contribution in [0.25, 0.3) is 11.0 Å². The van der Waals surface area contributed by atoms with Crippen molar-refractivity contribution in [2.24, 2.45) is 5.92 Å². The van der Waals surface area contributed by atoms with Crippen LogP contribution in [0.4, 0.5) is 11.4 Å². The summed E-state index contributed by atoms with van der Waals surface area (Å²) in [6, 6.07) is 11.8. The van der Waals surface area contributed by atoms with Gasteiger partial charge >= 0.3 is 0 Å². The van der Waals surface area contributed by atoms with Crippen molar-refractivity contribution >= 4 is 39.7 Å². The Balaban J connectivity index is 1.47. The van der Waals surface area contributed by atoms with E-state index < -0.39 is 0 Å². The number of nitriles is 1. The molecular formula is C22H24N6S. The molecule has 0 saturated carbocycles. The molecule has 0 spiro atoms. The minimum Gasteiger partial charge on any atom is -0.379 e. The molecule has 0 radical (unpaired) electrons. The Morgan fingerprint density at radius 2 is 2.10 bits per heavy atom. The van der Waals surface area contributed by atoms with Crippen molar-refractivity contribution in [2.45, 2.75) is 26.3 Å². The molecule has 29 heavy (non-hydrogen) atoms. The van der Waals surface area contributed by atoms with Gasteiger partial charge in [0, 0.05) is 48.3 Å². The van der Waals surface area contributed by atoms with Gasteiger partial charge in [-0.05, 0) is 67.4 Å². The first kappa shape index (κ1) is 19.2. The van der Waals surface area contributed by atoms with Gasteiger partial charge in [0.05, 0.1) is 11.6 Å². The summed E-state index contributed by atoms with van der Waals surface area (Å²) < 4.78 is 0. The fraction of sp³-hybridized carbons (Fsp3) is 0.318. The number of hydrogen-bond donors (Lipinski definition) is 3. The number of aromatic amines is 1. The largest absolute Gasteiger partial charge is 0.379 e. The number of hydrogen-bond acceptors (Lipinski definition) is 4. The summed E-state index contributed by atoms with van der Waals surface area (Å²) in [6.07, 6.45) is 4.90. The summed E-state index contributed by atoms with van der Waals surface area (Å²) in [5, 5.41) is 17.8. The first-order valence-corrected chi connectivity index (χ1v) is 10.2. The van der Waals surface area contributed by atoms with Crippen molar-refractivity contribution in [1.82, 2.24) is 14.9 Å². The fourth-order valence-electron chi connectivity index (χ4n) is 3.76. The molecule has 0 bridgehead atoms. The van der Waals surface area contributed by atoms with Gasteiger partial charge in [0.15, 0.2) is 5.11 Å². The van der Waals surface area contributed by atoms with Crippen LogP contribution in [0.2, 0.25) is 0 Å². The second-order valence-electron chi connectivity index (χ2n) is 7.64. The van der Waals surface area contributed by atoms with Crippen molar-refractivity contribution in [3.63, 3.8) is 0 Å². The maximum atomic E-state index is 8.94. The molecule has 4 rings (SSSR count). The summed E-state index contributed by atoms with van der Waals surface area (Å²) in [6.45, 7) is 6.13. The predicted molar refractivity (Wildman–Crippen MR) is 121 cm³/mol. The summed E-state index contributed by atoms with van der Waals surface area (Å²) >= 11 is 5.67. The Kier molecular flexibility index (Phi) is 5.36. The monoisotopic (exact) mass is 404 g/mol. The third-order valence-corrected chi connectivity index (χ3v) is 5.98. The topological polar surface area (TPSA) is 79.8 Å². The highest BCUT2D eigenvalue weighted by Gasteiger charge is 2.28. The average Bonchev–Trinajstić information content (AvgIpc) is 3.21. The minimum atomic E-state index is 0.281. The summed E-state index contributed by atoms with van der Waals surface area (Å²) in [7, 11) is 0. The van der Waals surface area contributed by atoms with E-state index in [2.05, 4.69) is 51.5 Å². The normalized spacial score (nSPS) is 19.0. The number of nitrogens with zero attached hydrogens (tertiary/aromatic N) is 3. The highest BCUT2D eigenvalue weighted by Crippen LogP contribution is 2.29. The zero-order valence-electron chi connectivity index (χ0n) is 16.6. The molecule has 1 aliphatic rings. The first-order valence-electron chi connectivity index (χ1n) is 9.80. The lowest BCUT2D eigenvalue weighted by atomic mass is 9.93. The van der Waals surface area contributed by atoms with Gasteiger partial charge in [0.25, 0.3) is 0 Å². The number of H-pyrrole nitrogens is 1. The molecule has 0 amide bonds. The van der Waals surface area contributed by atoms with Crippen LogP contribution in [0.1, 0.15) is 24.5 Å². The quantitative estimate of drug-likeness (QED) is 0.566. The van der Waals surface area contributed by atoms with Gasteiger partial charge in [0.2, 0.25) is 0 Å². The zero-order chi connectivity index (χ0) is 20.4. The molecule has 0 aliphatic carbocycles. The standard InChI is InChI=1S/C22H24N6S/c1-14-8-10-28(22(29)26-17-5-3-16(11-23)4-6-17)13-19(14)27-20-15(2)12-25-21-18(20)7-9-24-21/h3-7,9,12,14,19H,8,10,13H2,1-2H3,(H,26,29)(H2,24,25,27)/t14-,19+/m1/s1. The van der Waals surface area contributed by atoms with Gasteiger partial charge in [-0.15, -0.1) is 0 Å². The van der Waals surface area contributed by atoms with Gasteiger partial charge in [-0.3, -0.25) is 0 Å². The third-order valence-electron chi connectivity index (χ3n) is 5.62. The van der Waals surface area contributed by atoms with E-state index in [1.165, 1.54) is 0 Å². The molecule has 2 atom stereocenters. The van der Waals surface area contributed by atoms with Gasteiger partial charge in [-0.2, -0.15) is 5.26 Å². The van der Waals surface area contributed by atoms with Crippen molar-refractivity contribution in [3.8, 4) is 6.07 Å². The van der Waals surface area contributed by atoms with Crippen LogP contribution < -0.4 is 10.6 Å². The lowest BCUT2D eigenvalue weighted by molar-refractivity contribution is 0.260. The van der Waals surface area contributed by atoms with E-state index in [9.17, 15) is 0 Å². The maximum Gasteiger partial charge on any atom is 0.173 e. The summed E-state index contributed by atoms with van der Waals surface area (Å²) in [5.41, 5.74) is 4.72. The number of rotatable bonds is 3. The number of aromatic nitrogens is 2. The number of nitrogens with one attached hydrogen (secondary N) is 3. The third kappa shape index (κ3) is 4.03. The van der Waals surface area contributed by atoms with Crippen LogP contribution in [0.3, 0.4) is 0 Å². The molecule has 6 nitrogen and oxygen atoms in total. The van der Waals surface area contributed by atoms with E-state index in [0.717, 1.165) is 47.5 Å². The Bertz CT molecular complexity index is 1070. The number of piperidine rings is 1. The first-order chi connectivity index (χ1) is 14.0. The fourth-order valence-corrected chi connectivity index (χ4v) is 4.04. The van der Waals surface area contributed by atoms with Gasteiger partial charge in [0.1, 0.15) is 5.65 Å². The van der Waals surface area contributed by atoms with Crippen LogP contribution in [0, 0.1) is 24.2 Å². The number of fused-ring (bicyclic) bond motifs is 1. The second kappa shape index (κ2) is 8.10. The molecular weight excluding hydrogens is 380 g/mol. The highest BCUT2D eigenvalue weighted by atomic mass is 32.1. The maximum absolute atomic E-state index is 8.94. The zero-order valence-corrected chi connectivity index (χ0v) is 17.4. The number of anilines is 2. The van der Waals surface area contributed by atoms with Crippen molar-refractivity contribution in [1.29, 1.82) is 5.26 Å². The van der Waals surface area contributed by atoms with E-state index in [-0.39, 0.29) is 6.04 Å². The van der Waals surface area contributed by atoms with Crippen molar-refractivity contribution < 1.29 is 0 Å². The highest BCUT2D eigenvalue weighted by molar-refractivity contribution is 7.80. The molecule has 2 aromatic heterocycles. The smallest absolute Gasteiger partial charge is 0.173 e. The van der Waals surface area contributed by atoms with Crippen LogP contribution >= 0.6 is 12.2 Å². The van der Waals surface area contributed by atoms with Gasteiger partial charge in [-0.25, -0.2) is 4.98 Å². The Morgan fingerprint density at radius 3 is 2.86 bits per heavy atom. The molecule has 3 heterocycles. The lowest BCUT2D eigenvalue weighted by Crippen LogP contribution is -2.50. The molecule has 1 fully saturated rings. The van der Waals surface area contributed by atoms with E-state index in [0.29, 0.717) is 16.6 Å². The van der Waals surface area contributed by atoms with E-state index in [4.69, 9.17) is 17.5 Å². The Hall–Kier alpha value is -3.11. The number of thiocarbonyl (C=S) groups is 1. The Labute approximate surface area is 175 Å². The SMILES string of the molecule is Cc1cnc2[nH]ccc2c1N[C@H]1CN(C(=S)Nc2ccc(C#N)cc2)CC[C@H]1C. The summed E-state index contributed by atoms with van der Waals surface area (Å²) in [4.78, 5) is 9.86. The van der Waals surface area contributed by atoms with Gasteiger partial charge < -0.3 is 20.5 Å². The molecule has 1 aromatic carbocycles. The van der Waals surface area contributed by atoms with Crippen LogP contribution in [0.15, 0.2) is 42.7 Å². The van der Waals surface area contributed by atoms with Crippen LogP contribution in [-0.2, 0) is 0 Å². The van der Waals surface area contributed by atoms with Crippen LogP contribution in [0.5, 0.6) is 0 Å². The predicted octanol–water partition coefficient (Wildman–Crippen LogP) is 4.26. The van der Waals surface area contributed by atoms with E-state index in [1.807, 2.05) is 24.5 Å². The molecule has 1 saturated heterocycles. The molecule has 7 heteroatoms. The molecule has 3 aromatic rings. The van der Waals surface area contributed by atoms with Crippen molar-refractivity contribution in [2.75, 3.05) is 23.7 Å². The van der Waals surface area contributed by atoms with Crippen molar-refractivity contribution in [3.05, 3.63) is 53.9 Å². The molecule has 1 aliphatic heterocycles. The molecule has 148 valence electrons. The van der Waals surface area contributed by atoms with Gasteiger partial charge in [-0.1, -0.05) is 6.92 Å². The summed E-state index contributed by atoms with van der Waals surface area (Å²) in [5.74, 6) is 0.533. The van der Waals surface area contributed by atoms with E-state index in [1.54, 1.807) is 12.1 Å². The second-order valence-corrected chi connectivity index (χ2v) is 8.02. The number of aryl methyl sites for hydroxylation is 1. The number of pyridine rings is 1.